The van der Waals surface area contributed by atoms with Crippen molar-refractivity contribution in [3.8, 4) is 0 Å². The Kier molecular flexibility index (Phi) is 5.49. The van der Waals surface area contributed by atoms with Gasteiger partial charge < -0.3 is 5.32 Å². The third-order valence-corrected chi connectivity index (χ3v) is 6.27. The lowest BCUT2D eigenvalue weighted by Gasteiger charge is -2.35. The summed E-state index contributed by atoms with van der Waals surface area (Å²) >= 11 is 0. The fourth-order valence-electron chi connectivity index (χ4n) is 3.65. The van der Waals surface area contributed by atoms with Gasteiger partial charge in [-0.2, -0.15) is 0 Å². The van der Waals surface area contributed by atoms with Crippen LogP contribution in [0.2, 0.25) is 0 Å². The molecule has 4 nitrogen and oxygen atoms in total. The van der Waals surface area contributed by atoms with Crippen LogP contribution >= 0.6 is 0 Å². The average Bonchev–Trinajstić information content (AvgIpc) is 2.39. The van der Waals surface area contributed by atoms with E-state index in [0.717, 1.165) is 25.9 Å². The third kappa shape index (κ3) is 4.71. The second-order valence-electron chi connectivity index (χ2n) is 7.13. The molecule has 2 fully saturated rings. The Bertz CT molecular complexity index is 402. The van der Waals surface area contributed by atoms with E-state index in [1.807, 2.05) is 0 Å². The van der Waals surface area contributed by atoms with Crippen molar-refractivity contribution < 1.29 is 8.42 Å². The minimum Gasteiger partial charge on any atom is -0.316 e. The van der Waals surface area contributed by atoms with Crippen molar-refractivity contribution in [3.05, 3.63) is 0 Å². The van der Waals surface area contributed by atoms with E-state index in [1.165, 1.54) is 38.4 Å². The number of piperidine rings is 1. The fourth-order valence-corrected chi connectivity index (χ4v) is 4.60. The summed E-state index contributed by atoms with van der Waals surface area (Å²) in [5.74, 6) is 0.477. The van der Waals surface area contributed by atoms with Crippen LogP contribution in [0.1, 0.15) is 51.9 Å². The van der Waals surface area contributed by atoms with E-state index in [0.29, 0.717) is 24.4 Å². The van der Waals surface area contributed by atoms with Gasteiger partial charge in [-0.1, -0.05) is 26.2 Å². The van der Waals surface area contributed by atoms with Crippen molar-refractivity contribution in [2.75, 3.05) is 32.4 Å². The Morgan fingerprint density at radius 2 is 1.90 bits per heavy atom. The second kappa shape index (κ2) is 6.75. The van der Waals surface area contributed by atoms with Gasteiger partial charge in [-0.05, 0) is 43.6 Å². The van der Waals surface area contributed by atoms with Gasteiger partial charge in [0.25, 0.3) is 0 Å². The lowest BCUT2D eigenvalue weighted by molar-refractivity contribution is 0.195. The largest absolute Gasteiger partial charge is 0.316 e. The molecule has 20 heavy (non-hydrogen) atoms. The SMILES string of the molecule is CC1(CNCC2CCCN(S(C)(=O)=O)C2)CCCCC1. The number of hydrogen-bond acceptors (Lipinski definition) is 3. The first-order valence-electron chi connectivity index (χ1n) is 8.05. The van der Waals surface area contributed by atoms with E-state index < -0.39 is 10.0 Å². The van der Waals surface area contributed by atoms with Crippen LogP contribution in [0.5, 0.6) is 0 Å². The van der Waals surface area contributed by atoms with Crippen LogP contribution in [-0.2, 0) is 10.0 Å². The monoisotopic (exact) mass is 302 g/mol. The molecular formula is C15H30N2O2S. The van der Waals surface area contributed by atoms with Crippen molar-refractivity contribution in [2.24, 2.45) is 11.3 Å². The molecule has 1 heterocycles. The normalized spacial score (nSPS) is 28.4. The Hall–Kier alpha value is -0.130. The molecule has 1 aliphatic heterocycles. The quantitative estimate of drug-likeness (QED) is 0.847. The topological polar surface area (TPSA) is 49.4 Å². The first-order chi connectivity index (χ1) is 9.39. The van der Waals surface area contributed by atoms with Gasteiger partial charge in [0.2, 0.25) is 10.0 Å². The Labute approximate surface area is 124 Å². The van der Waals surface area contributed by atoms with E-state index in [4.69, 9.17) is 0 Å². The molecule has 5 heteroatoms. The fraction of sp³-hybridized carbons (Fsp3) is 1.00. The molecule has 0 amide bonds. The highest BCUT2D eigenvalue weighted by Crippen LogP contribution is 2.35. The van der Waals surface area contributed by atoms with Crippen LogP contribution in [0.3, 0.4) is 0 Å². The highest BCUT2D eigenvalue weighted by Gasteiger charge is 2.28. The van der Waals surface area contributed by atoms with Gasteiger partial charge in [0.1, 0.15) is 0 Å². The molecule has 0 radical (unpaired) electrons. The first-order valence-corrected chi connectivity index (χ1v) is 9.90. The maximum absolute atomic E-state index is 11.6. The van der Waals surface area contributed by atoms with Crippen molar-refractivity contribution in [1.82, 2.24) is 9.62 Å². The Balaban J connectivity index is 1.73. The zero-order chi connectivity index (χ0) is 14.6. The van der Waals surface area contributed by atoms with Crippen LogP contribution in [0, 0.1) is 11.3 Å². The minimum atomic E-state index is -3.01. The highest BCUT2D eigenvalue weighted by molar-refractivity contribution is 7.88. The van der Waals surface area contributed by atoms with E-state index in [1.54, 1.807) is 4.31 Å². The number of nitrogens with zero attached hydrogens (tertiary/aromatic N) is 1. The average molecular weight is 302 g/mol. The second-order valence-corrected chi connectivity index (χ2v) is 9.11. The Morgan fingerprint density at radius 3 is 2.55 bits per heavy atom. The standard InChI is InChI=1S/C15H30N2O2S/c1-15(8-4-3-5-9-15)13-16-11-14-7-6-10-17(12-14)20(2,18)19/h14,16H,3-13H2,1-2H3. The van der Waals surface area contributed by atoms with Crippen LogP contribution in [0.25, 0.3) is 0 Å². The molecule has 2 aliphatic rings. The molecule has 1 N–H and O–H groups in total. The molecular weight excluding hydrogens is 272 g/mol. The molecule has 0 aromatic carbocycles. The highest BCUT2D eigenvalue weighted by atomic mass is 32.2. The summed E-state index contributed by atoms with van der Waals surface area (Å²) < 4.78 is 24.9. The lowest BCUT2D eigenvalue weighted by atomic mass is 9.75. The molecule has 0 spiro atoms. The summed E-state index contributed by atoms with van der Waals surface area (Å²) in [4.78, 5) is 0. The summed E-state index contributed by atoms with van der Waals surface area (Å²) in [5.41, 5.74) is 0.462. The van der Waals surface area contributed by atoms with Crippen LogP contribution in [-0.4, -0.2) is 45.2 Å². The molecule has 118 valence electrons. The Morgan fingerprint density at radius 1 is 1.20 bits per heavy atom. The van der Waals surface area contributed by atoms with Crippen molar-refractivity contribution >= 4 is 10.0 Å². The zero-order valence-electron chi connectivity index (χ0n) is 13.0. The molecule has 1 aliphatic carbocycles. The molecule has 1 unspecified atom stereocenters. The van der Waals surface area contributed by atoms with E-state index in [9.17, 15) is 8.42 Å². The van der Waals surface area contributed by atoms with Crippen molar-refractivity contribution in [2.45, 2.75) is 51.9 Å². The maximum Gasteiger partial charge on any atom is 0.211 e. The van der Waals surface area contributed by atoms with Gasteiger partial charge in [-0.15, -0.1) is 0 Å². The molecule has 1 atom stereocenters. The van der Waals surface area contributed by atoms with E-state index in [-0.39, 0.29) is 0 Å². The van der Waals surface area contributed by atoms with Gasteiger partial charge in [0, 0.05) is 19.6 Å². The summed E-state index contributed by atoms with van der Waals surface area (Å²) in [6.45, 7) is 5.84. The van der Waals surface area contributed by atoms with Gasteiger partial charge in [0.15, 0.2) is 0 Å². The maximum atomic E-state index is 11.6. The van der Waals surface area contributed by atoms with Gasteiger partial charge >= 0.3 is 0 Å². The smallest absolute Gasteiger partial charge is 0.211 e. The van der Waals surface area contributed by atoms with Gasteiger partial charge in [-0.25, -0.2) is 12.7 Å². The van der Waals surface area contributed by atoms with Gasteiger partial charge in [0.05, 0.1) is 6.26 Å². The minimum absolute atomic E-state index is 0.462. The van der Waals surface area contributed by atoms with Crippen LogP contribution < -0.4 is 5.32 Å². The summed E-state index contributed by atoms with van der Waals surface area (Å²) in [5, 5.41) is 3.62. The molecule has 1 saturated heterocycles. The first kappa shape index (κ1) is 16.2. The van der Waals surface area contributed by atoms with Crippen molar-refractivity contribution in [1.29, 1.82) is 0 Å². The van der Waals surface area contributed by atoms with E-state index in [2.05, 4.69) is 12.2 Å². The summed E-state index contributed by atoms with van der Waals surface area (Å²) in [7, 11) is -3.01. The van der Waals surface area contributed by atoms with Crippen LogP contribution in [0.15, 0.2) is 0 Å². The molecule has 2 rings (SSSR count). The summed E-state index contributed by atoms with van der Waals surface area (Å²) in [6, 6.07) is 0. The predicted octanol–water partition coefficient (Wildman–Crippen LogP) is 2.22. The zero-order valence-corrected chi connectivity index (χ0v) is 13.8. The number of hydrogen-bond donors (Lipinski definition) is 1. The van der Waals surface area contributed by atoms with E-state index >= 15 is 0 Å². The lowest BCUT2D eigenvalue weighted by Crippen LogP contribution is -2.44. The van der Waals surface area contributed by atoms with Crippen molar-refractivity contribution in [3.63, 3.8) is 0 Å². The summed E-state index contributed by atoms with van der Waals surface area (Å²) in [6.07, 6.45) is 10.3. The number of rotatable bonds is 5. The predicted molar refractivity (Wildman–Crippen MR) is 83.2 cm³/mol. The third-order valence-electron chi connectivity index (χ3n) is 5.00. The number of nitrogens with one attached hydrogen (secondary N) is 1. The molecule has 0 aromatic heterocycles. The molecule has 0 aromatic rings. The number of sulfonamides is 1. The van der Waals surface area contributed by atoms with Crippen LogP contribution in [0.4, 0.5) is 0 Å². The van der Waals surface area contributed by atoms with Gasteiger partial charge in [-0.3, -0.25) is 0 Å². The molecule has 0 bridgehead atoms. The molecule has 1 saturated carbocycles.